The summed E-state index contributed by atoms with van der Waals surface area (Å²) in [4.78, 5) is 6.68. The van der Waals surface area contributed by atoms with Crippen LogP contribution in [-0.4, -0.2) is 28.1 Å². The molecule has 0 amide bonds. The first-order valence-electron chi connectivity index (χ1n) is 5.90. The van der Waals surface area contributed by atoms with E-state index >= 15 is 0 Å². The maximum absolute atomic E-state index is 5.90. The van der Waals surface area contributed by atoms with Crippen LogP contribution in [0.5, 0.6) is 0 Å². The topological polar surface area (TPSA) is 68.2 Å². The Bertz CT molecular complexity index is 336. The van der Waals surface area contributed by atoms with E-state index in [0.717, 1.165) is 19.6 Å². The predicted octanol–water partition coefficient (Wildman–Crippen LogP) is 1.25. The van der Waals surface area contributed by atoms with Gasteiger partial charge in [0.2, 0.25) is 5.89 Å². The van der Waals surface area contributed by atoms with E-state index in [4.69, 9.17) is 10.3 Å². The van der Waals surface area contributed by atoms with Crippen molar-refractivity contribution < 1.29 is 4.52 Å². The molecule has 16 heavy (non-hydrogen) atoms. The summed E-state index contributed by atoms with van der Waals surface area (Å²) >= 11 is 0. The Morgan fingerprint density at radius 1 is 1.31 bits per heavy atom. The Kier molecular flexibility index (Phi) is 3.25. The molecule has 2 heterocycles. The molecule has 1 aliphatic rings. The lowest BCUT2D eigenvalue weighted by atomic mass is 10.1. The molecule has 5 heteroatoms. The van der Waals surface area contributed by atoms with Crippen LogP contribution in [0.3, 0.4) is 0 Å². The van der Waals surface area contributed by atoms with Crippen molar-refractivity contribution in [1.82, 2.24) is 15.0 Å². The number of nitrogens with two attached hydrogens (primary N) is 1. The molecule has 2 N–H and O–H groups in total. The second-order valence-electron chi connectivity index (χ2n) is 5.07. The minimum Gasteiger partial charge on any atom is -0.338 e. The molecule has 0 radical (unpaired) electrons. The molecular formula is C11H20N4O. The van der Waals surface area contributed by atoms with Crippen molar-refractivity contribution in [2.75, 3.05) is 13.1 Å². The van der Waals surface area contributed by atoms with E-state index in [0.29, 0.717) is 11.7 Å². The van der Waals surface area contributed by atoms with Crippen molar-refractivity contribution in [3.8, 4) is 0 Å². The molecular weight excluding hydrogens is 204 g/mol. The fourth-order valence-electron chi connectivity index (χ4n) is 1.89. The van der Waals surface area contributed by atoms with Crippen molar-refractivity contribution in [3.05, 3.63) is 11.7 Å². The molecule has 2 rings (SSSR count). The van der Waals surface area contributed by atoms with Crippen LogP contribution in [0.1, 0.15) is 44.8 Å². The van der Waals surface area contributed by atoms with Crippen LogP contribution in [0.4, 0.5) is 0 Å². The highest BCUT2D eigenvalue weighted by Gasteiger charge is 2.22. The third-order valence-electron chi connectivity index (χ3n) is 2.85. The quantitative estimate of drug-likeness (QED) is 0.836. The van der Waals surface area contributed by atoms with Gasteiger partial charge in [0.15, 0.2) is 5.82 Å². The first-order chi connectivity index (χ1) is 7.55. The van der Waals surface area contributed by atoms with E-state index in [-0.39, 0.29) is 0 Å². The van der Waals surface area contributed by atoms with Crippen LogP contribution < -0.4 is 5.73 Å². The van der Waals surface area contributed by atoms with Gasteiger partial charge in [-0.2, -0.15) is 4.98 Å². The minimum atomic E-state index is -0.524. The van der Waals surface area contributed by atoms with Gasteiger partial charge in [0.25, 0.3) is 0 Å². The number of hydrogen-bond donors (Lipinski definition) is 1. The molecule has 1 aromatic rings. The first-order valence-corrected chi connectivity index (χ1v) is 5.90. The maximum Gasteiger partial charge on any atom is 0.240 e. The maximum atomic E-state index is 5.90. The van der Waals surface area contributed by atoms with Crippen LogP contribution in [0.25, 0.3) is 0 Å². The third kappa shape index (κ3) is 2.80. The van der Waals surface area contributed by atoms with Gasteiger partial charge in [-0.25, -0.2) is 0 Å². The lowest BCUT2D eigenvalue weighted by Gasteiger charge is -2.24. The second kappa shape index (κ2) is 4.51. The van der Waals surface area contributed by atoms with Gasteiger partial charge in [-0.1, -0.05) is 11.6 Å². The van der Waals surface area contributed by atoms with Crippen LogP contribution in [-0.2, 0) is 12.1 Å². The van der Waals surface area contributed by atoms with Crippen molar-refractivity contribution in [1.29, 1.82) is 0 Å². The summed E-state index contributed by atoms with van der Waals surface area (Å²) in [6, 6.07) is 0. The number of piperidine rings is 1. The van der Waals surface area contributed by atoms with E-state index in [9.17, 15) is 0 Å². The number of likely N-dealkylation sites (tertiary alicyclic amines) is 1. The van der Waals surface area contributed by atoms with E-state index < -0.39 is 5.54 Å². The summed E-state index contributed by atoms with van der Waals surface area (Å²) in [5.74, 6) is 1.26. The zero-order valence-electron chi connectivity index (χ0n) is 10.1. The molecule has 1 fully saturated rings. The molecule has 1 aromatic heterocycles. The number of rotatable bonds is 3. The summed E-state index contributed by atoms with van der Waals surface area (Å²) < 4.78 is 5.21. The van der Waals surface area contributed by atoms with Gasteiger partial charge < -0.3 is 10.3 Å². The summed E-state index contributed by atoms with van der Waals surface area (Å²) in [6.07, 6.45) is 3.87. The molecule has 5 nitrogen and oxygen atoms in total. The van der Waals surface area contributed by atoms with Gasteiger partial charge in [0, 0.05) is 0 Å². The standard InChI is InChI=1S/C11H20N4O/c1-11(2,12)10-13-9(16-14-10)8-15-6-4-3-5-7-15/h3-8,12H2,1-2H3. The zero-order valence-corrected chi connectivity index (χ0v) is 10.1. The monoisotopic (exact) mass is 224 g/mol. The van der Waals surface area contributed by atoms with E-state index in [1.54, 1.807) is 0 Å². The molecule has 0 unspecified atom stereocenters. The fourth-order valence-corrected chi connectivity index (χ4v) is 1.89. The van der Waals surface area contributed by atoms with Gasteiger partial charge in [-0.3, -0.25) is 4.90 Å². The van der Waals surface area contributed by atoms with E-state index in [1.165, 1.54) is 19.3 Å². The van der Waals surface area contributed by atoms with Crippen molar-refractivity contribution >= 4 is 0 Å². The lowest BCUT2D eigenvalue weighted by molar-refractivity contribution is 0.193. The SMILES string of the molecule is CC(C)(N)c1noc(CN2CCCCC2)n1. The Hall–Kier alpha value is -0.940. The smallest absolute Gasteiger partial charge is 0.240 e. The van der Waals surface area contributed by atoms with Gasteiger partial charge in [0.1, 0.15) is 0 Å². The molecule has 1 aliphatic heterocycles. The Morgan fingerprint density at radius 3 is 2.56 bits per heavy atom. The number of aromatic nitrogens is 2. The highest BCUT2D eigenvalue weighted by molar-refractivity contribution is 4.99. The summed E-state index contributed by atoms with van der Waals surface area (Å²) in [7, 11) is 0. The Balaban J connectivity index is 1.97. The predicted molar refractivity (Wildman–Crippen MR) is 60.6 cm³/mol. The van der Waals surface area contributed by atoms with Crippen LogP contribution >= 0.6 is 0 Å². The normalized spacial score (nSPS) is 18.9. The van der Waals surface area contributed by atoms with Crippen LogP contribution in [0.2, 0.25) is 0 Å². The molecule has 0 aromatic carbocycles. The first kappa shape index (κ1) is 11.5. The van der Waals surface area contributed by atoms with E-state index in [2.05, 4.69) is 15.0 Å². The van der Waals surface area contributed by atoms with Crippen molar-refractivity contribution in [3.63, 3.8) is 0 Å². The Labute approximate surface area is 96.0 Å². The van der Waals surface area contributed by atoms with E-state index in [1.807, 2.05) is 13.8 Å². The van der Waals surface area contributed by atoms with Crippen LogP contribution in [0.15, 0.2) is 4.52 Å². The summed E-state index contributed by atoms with van der Waals surface area (Å²) in [5.41, 5.74) is 5.38. The largest absolute Gasteiger partial charge is 0.338 e. The highest BCUT2D eigenvalue weighted by Crippen LogP contribution is 2.15. The lowest BCUT2D eigenvalue weighted by Crippen LogP contribution is -2.31. The molecule has 0 spiro atoms. The van der Waals surface area contributed by atoms with Gasteiger partial charge in [-0.05, 0) is 39.8 Å². The van der Waals surface area contributed by atoms with Crippen LogP contribution in [0, 0.1) is 0 Å². The molecule has 0 bridgehead atoms. The highest BCUT2D eigenvalue weighted by atomic mass is 16.5. The fraction of sp³-hybridized carbons (Fsp3) is 0.818. The van der Waals surface area contributed by atoms with Gasteiger partial charge in [0.05, 0.1) is 12.1 Å². The average Bonchev–Trinajstić information content (AvgIpc) is 2.67. The molecule has 1 saturated heterocycles. The molecule has 0 atom stereocenters. The van der Waals surface area contributed by atoms with Gasteiger partial charge in [-0.15, -0.1) is 0 Å². The molecule has 0 saturated carbocycles. The average molecular weight is 224 g/mol. The minimum absolute atomic E-state index is 0.524. The molecule has 0 aliphatic carbocycles. The second-order valence-corrected chi connectivity index (χ2v) is 5.07. The van der Waals surface area contributed by atoms with Crippen molar-refractivity contribution in [2.24, 2.45) is 5.73 Å². The summed E-state index contributed by atoms with van der Waals surface area (Å²) in [6.45, 7) is 6.77. The molecule has 90 valence electrons. The number of nitrogens with zero attached hydrogens (tertiary/aromatic N) is 3. The van der Waals surface area contributed by atoms with Crippen molar-refractivity contribution in [2.45, 2.75) is 45.2 Å². The summed E-state index contributed by atoms with van der Waals surface area (Å²) in [5, 5.41) is 3.92. The zero-order chi connectivity index (χ0) is 11.6. The number of hydrogen-bond acceptors (Lipinski definition) is 5. The third-order valence-corrected chi connectivity index (χ3v) is 2.85. The Morgan fingerprint density at radius 2 is 2.00 bits per heavy atom. The van der Waals surface area contributed by atoms with Gasteiger partial charge >= 0.3 is 0 Å².